The van der Waals surface area contributed by atoms with E-state index in [-0.39, 0.29) is 11.6 Å². The minimum atomic E-state index is -0.670. The molecule has 0 N–H and O–H groups in total. The zero-order valence-corrected chi connectivity index (χ0v) is 14.2. The van der Waals surface area contributed by atoms with Gasteiger partial charge in [-0.1, -0.05) is 30.3 Å². The largest absolute Gasteiger partial charge is 0.444 e. The number of hydrogen-bond donors (Lipinski definition) is 0. The molecule has 2 saturated heterocycles. The average molecular weight is 315 g/mol. The summed E-state index contributed by atoms with van der Waals surface area (Å²) in [6.45, 7) is 5.58. The lowest BCUT2D eigenvalue weighted by Crippen LogP contribution is -2.53. The maximum Gasteiger partial charge on any atom is 0.411 e. The van der Waals surface area contributed by atoms with E-state index in [1.165, 1.54) is 5.56 Å². The molecule has 1 aromatic carbocycles. The third-order valence-corrected chi connectivity index (χ3v) is 5.14. The molecule has 0 aliphatic carbocycles. The summed E-state index contributed by atoms with van der Waals surface area (Å²) in [6, 6.07) is 10.2. The van der Waals surface area contributed by atoms with Crippen LogP contribution in [-0.2, 0) is 16.0 Å². The fourth-order valence-corrected chi connectivity index (χ4v) is 4.15. The number of carbonyl (C=O) groups excluding carboxylic acids is 2. The lowest BCUT2D eigenvalue weighted by molar-refractivity contribution is -0.117. The van der Waals surface area contributed by atoms with Gasteiger partial charge in [0.25, 0.3) is 0 Å². The van der Waals surface area contributed by atoms with Crippen molar-refractivity contribution in [2.45, 2.75) is 69.6 Å². The van der Waals surface area contributed by atoms with E-state index in [4.69, 9.17) is 4.74 Å². The standard InChI is InChI=1S/C19H25NO3/c1-17(2,3)23-16(22)20-18(13-15-7-5-4-6-8-15)9-11-19(20,14-21)12-10-18/h4-8,14H,9-13H2,1-3H3. The van der Waals surface area contributed by atoms with Crippen LogP contribution in [0.25, 0.3) is 0 Å². The number of benzene rings is 1. The highest BCUT2D eigenvalue weighted by Gasteiger charge is 2.63. The maximum absolute atomic E-state index is 12.8. The molecule has 2 bridgehead atoms. The predicted octanol–water partition coefficient (Wildman–Crippen LogP) is 3.73. The number of amides is 1. The number of rotatable bonds is 3. The van der Waals surface area contributed by atoms with Crippen molar-refractivity contribution in [2.24, 2.45) is 0 Å². The summed E-state index contributed by atoms with van der Waals surface area (Å²) in [5.41, 5.74) is -0.316. The van der Waals surface area contributed by atoms with E-state index in [2.05, 4.69) is 12.1 Å². The van der Waals surface area contributed by atoms with Gasteiger partial charge in [-0.05, 0) is 58.4 Å². The first-order valence-electron chi connectivity index (χ1n) is 8.34. The molecule has 2 aliphatic heterocycles. The molecule has 2 heterocycles. The number of nitrogens with zero attached hydrogens (tertiary/aromatic N) is 1. The van der Waals surface area contributed by atoms with Crippen LogP contribution in [0.4, 0.5) is 4.79 Å². The lowest BCUT2D eigenvalue weighted by atomic mass is 9.79. The highest BCUT2D eigenvalue weighted by Crippen LogP contribution is 2.54. The minimum Gasteiger partial charge on any atom is -0.444 e. The van der Waals surface area contributed by atoms with Gasteiger partial charge >= 0.3 is 6.09 Å². The third kappa shape index (κ3) is 2.75. The molecule has 124 valence electrons. The highest BCUT2D eigenvalue weighted by atomic mass is 16.6. The SMILES string of the molecule is CC(C)(C)OC(=O)N1C2(C=O)CCC1(Cc1ccccc1)CC2. The average Bonchev–Trinajstić information content (AvgIpc) is 2.97. The van der Waals surface area contributed by atoms with Crippen LogP contribution in [0.15, 0.2) is 30.3 Å². The smallest absolute Gasteiger partial charge is 0.411 e. The van der Waals surface area contributed by atoms with Crippen molar-refractivity contribution in [1.82, 2.24) is 4.90 Å². The molecule has 4 nitrogen and oxygen atoms in total. The Hall–Kier alpha value is -1.84. The molecule has 0 unspecified atom stereocenters. The first-order chi connectivity index (χ1) is 10.8. The second-order valence-corrected chi connectivity index (χ2v) is 7.92. The number of fused-ring (bicyclic) bond motifs is 2. The van der Waals surface area contributed by atoms with E-state index in [1.807, 2.05) is 39.0 Å². The van der Waals surface area contributed by atoms with Crippen LogP contribution >= 0.6 is 0 Å². The summed E-state index contributed by atoms with van der Waals surface area (Å²) < 4.78 is 5.62. The summed E-state index contributed by atoms with van der Waals surface area (Å²) in [5.74, 6) is 0. The van der Waals surface area contributed by atoms with Crippen LogP contribution in [-0.4, -0.2) is 34.0 Å². The summed E-state index contributed by atoms with van der Waals surface area (Å²) in [6.07, 6.45) is 4.60. The first-order valence-corrected chi connectivity index (χ1v) is 8.34. The molecule has 0 aromatic heterocycles. The molecule has 1 amide bonds. The molecule has 4 heteroatoms. The zero-order chi connectivity index (χ0) is 16.7. The van der Waals surface area contributed by atoms with Crippen molar-refractivity contribution in [3.05, 3.63) is 35.9 Å². The fraction of sp³-hybridized carbons (Fsp3) is 0.579. The molecule has 23 heavy (non-hydrogen) atoms. The van der Waals surface area contributed by atoms with Crippen LogP contribution in [0.2, 0.25) is 0 Å². The Bertz CT molecular complexity index is 595. The van der Waals surface area contributed by atoms with Crippen molar-refractivity contribution in [3.63, 3.8) is 0 Å². The van der Waals surface area contributed by atoms with Gasteiger partial charge in [0.15, 0.2) is 0 Å². The van der Waals surface area contributed by atoms with Gasteiger partial charge in [-0.2, -0.15) is 0 Å². The van der Waals surface area contributed by atoms with Gasteiger partial charge in [0.05, 0.1) is 5.54 Å². The van der Waals surface area contributed by atoms with Gasteiger partial charge in [-0.25, -0.2) is 4.79 Å². The second-order valence-electron chi connectivity index (χ2n) is 7.92. The van der Waals surface area contributed by atoms with Gasteiger partial charge in [0.1, 0.15) is 17.4 Å². The minimum absolute atomic E-state index is 0.287. The van der Waals surface area contributed by atoms with Crippen molar-refractivity contribution in [1.29, 1.82) is 0 Å². The molecule has 0 saturated carbocycles. The normalized spacial score (nSPS) is 29.6. The van der Waals surface area contributed by atoms with Crippen LogP contribution in [0.3, 0.4) is 0 Å². The molecule has 3 rings (SSSR count). The van der Waals surface area contributed by atoms with Crippen molar-refractivity contribution in [2.75, 3.05) is 0 Å². The van der Waals surface area contributed by atoms with E-state index in [0.717, 1.165) is 38.4 Å². The van der Waals surface area contributed by atoms with Gasteiger partial charge in [-0.3, -0.25) is 4.90 Å². The van der Waals surface area contributed by atoms with Crippen LogP contribution in [0.1, 0.15) is 52.0 Å². The summed E-state index contributed by atoms with van der Waals surface area (Å²) >= 11 is 0. The number of hydrogen-bond acceptors (Lipinski definition) is 3. The number of aldehydes is 1. The first kappa shape index (κ1) is 16.0. The van der Waals surface area contributed by atoms with Gasteiger partial charge < -0.3 is 9.53 Å². The molecular weight excluding hydrogens is 290 g/mol. The quantitative estimate of drug-likeness (QED) is 0.798. The fourth-order valence-electron chi connectivity index (χ4n) is 4.15. The zero-order valence-electron chi connectivity index (χ0n) is 14.2. The Morgan fingerprint density at radius 3 is 2.30 bits per heavy atom. The van der Waals surface area contributed by atoms with Crippen molar-refractivity contribution in [3.8, 4) is 0 Å². The van der Waals surface area contributed by atoms with Gasteiger partial charge in [-0.15, -0.1) is 0 Å². The highest BCUT2D eigenvalue weighted by molar-refractivity contribution is 5.80. The monoisotopic (exact) mass is 315 g/mol. The van der Waals surface area contributed by atoms with Crippen LogP contribution < -0.4 is 0 Å². The molecular formula is C19H25NO3. The van der Waals surface area contributed by atoms with Crippen LogP contribution in [0, 0.1) is 0 Å². The van der Waals surface area contributed by atoms with E-state index in [1.54, 1.807) is 4.90 Å². The topological polar surface area (TPSA) is 46.6 Å². The molecule has 0 atom stereocenters. The molecule has 0 radical (unpaired) electrons. The van der Waals surface area contributed by atoms with Crippen LogP contribution in [0.5, 0.6) is 0 Å². The van der Waals surface area contributed by atoms with E-state index < -0.39 is 11.1 Å². The van der Waals surface area contributed by atoms with E-state index in [0.29, 0.717) is 0 Å². The maximum atomic E-state index is 12.8. The van der Waals surface area contributed by atoms with Crippen molar-refractivity contribution < 1.29 is 14.3 Å². The summed E-state index contributed by atoms with van der Waals surface area (Å²) in [5, 5.41) is 0. The molecule has 2 fully saturated rings. The summed E-state index contributed by atoms with van der Waals surface area (Å²) in [7, 11) is 0. The molecule has 1 aromatic rings. The lowest BCUT2D eigenvalue weighted by Gasteiger charge is -2.38. The Morgan fingerprint density at radius 1 is 1.17 bits per heavy atom. The van der Waals surface area contributed by atoms with Crippen molar-refractivity contribution >= 4 is 12.4 Å². The molecule has 0 spiro atoms. The third-order valence-electron chi connectivity index (χ3n) is 5.14. The Balaban J connectivity index is 1.92. The second kappa shape index (κ2) is 5.36. The van der Waals surface area contributed by atoms with Gasteiger partial charge in [0, 0.05) is 0 Å². The Kier molecular flexibility index (Phi) is 3.74. The number of ether oxygens (including phenoxy) is 1. The van der Waals surface area contributed by atoms with E-state index in [9.17, 15) is 9.59 Å². The summed E-state index contributed by atoms with van der Waals surface area (Å²) in [4.78, 5) is 26.4. The molecule has 2 aliphatic rings. The van der Waals surface area contributed by atoms with Gasteiger partial charge in [0.2, 0.25) is 0 Å². The predicted molar refractivity (Wildman–Crippen MR) is 88.2 cm³/mol. The number of carbonyl (C=O) groups is 2. The Labute approximate surface area is 137 Å². The van der Waals surface area contributed by atoms with E-state index >= 15 is 0 Å². The Morgan fingerprint density at radius 2 is 1.78 bits per heavy atom.